The van der Waals surface area contributed by atoms with Crippen molar-refractivity contribution in [1.82, 2.24) is 0 Å². The van der Waals surface area contributed by atoms with Gasteiger partial charge in [0.05, 0.1) is 0 Å². The molecule has 0 spiro atoms. The second-order valence-corrected chi connectivity index (χ2v) is 7.90. The Morgan fingerprint density at radius 2 is 0.962 bits per heavy atom. The van der Waals surface area contributed by atoms with Crippen LogP contribution >= 0.6 is 0 Å². The van der Waals surface area contributed by atoms with Gasteiger partial charge in [0, 0.05) is 18.6 Å². The third kappa shape index (κ3) is 13.3. The van der Waals surface area contributed by atoms with Gasteiger partial charge in [-0.1, -0.05) is 109 Å². The molecule has 150 valence electrons. The summed E-state index contributed by atoms with van der Waals surface area (Å²) in [5.74, 6) is 0. The molecule has 0 aliphatic carbocycles. The average Bonchev–Trinajstić information content (AvgIpc) is 2.68. The highest BCUT2D eigenvalue weighted by Gasteiger charge is 2.11. The third-order valence-corrected chi connectivity index (χ3v) is 5.40. The van der Waals surface area contributed by atoms with Gasteiger partial charge in [-0.2, -0.15) is 4.57 Å². The summed E-state index contributed by atoms with van der Waals surface area (Å²) in [6.45, 7) is 2.29. The van der Waals surface area contributed by atoms with Gasteiger partial charge < -0.3 is 5.11 Å². The number of unbranched alkanes of at least 4 members (excludes halogenated alkanes) is 15. The fourth-order valence-electron chi connectivity index (χ4n) is 3.63. The van der Waals surface area contributed by atoms with Crippen LogP contribution in [0.15, 0.2) is 30.6 Å². The van der Waals surface area contributed by atoms with Crippen molar-refractivity contribution in [3.8, 4) is 0 Å². The van der Waals surface area contributed by atoms with Crippen LogP contribution in [0, 0.1) is 0 Å². The van der Waals surface area contributed by atoms with Crippen LogP contribution in [-0.4, -0.2) is 5.11 Å². The number of nitrogens with zero attached hydrogens (tertiary/aromatic N) is 1. The van der Waals surface area contributed by atoms with E-state index in [0.717, 1.165) is 12.8 Å². The van der Waals surface area contributed by atoms with E-state index >= 15 is 0 Å². The number of aliphatic hydroxyl groups is 1. The van der Waals surface area contributed by atoms with E-state index in [1.54, 1.807) is 0 Å². The highest BCUT2D eigenvalue weighted by Crippen LogP contribution is 2.14. The number of hydrogen-bond donors (Lipinski definition) is 1. The summed E-state index contributed by atoms with van der Waals surface area (Å²) < 4.78 is 1.89. The molecule has 0 amide bonds. The summed E-state index contributed by atoms with van der Waals surface area (Å²) in [7, 11) is 0. The Bertz CT molecular complexity index is 392. The average molecular weight is 363 g/mol. The lowest BCUT2D eigenvalue weighted by Gasteiger charge is -2.06. The van der Waals surface area contributed by atoms with Crippen molar-refractivity contribution in [1.29, 1.82) is 0 Å². The fourth-order valence-corrected chi connectivity index (χ4v) is 3.63. The molecule has 0 saturated heterocycles. The smallest absolute Gasteiger partial charge is 0.259 e. The normalized spacial score (nSPS) is 12.4. The molecule has 0 saturated carbocycles. The highest BCUT2D eigenvalue weighted by molar-refractivity contribution is 4.83. The lowest BCUT2D eigenvalue weighted by molar-refractivity contribution is -0.760. The lowest BCUT2D eigenvalue weighted by atomic mass is 10.0. The van der Waals surface area contributed by atoms with Gasteiger partial charge >= 0.3 is 0 Å². The molecule has 1 unspecified atom stereocenters. The van der Waals surface area contributed by atoms with Crippen molar-refractivity contribution in [2.75, 3.05) is 0 Å². The molecule has 0 radical (unpaired) electrons. The molecule has 1 aromatic rings. The first kappa shape index (κ1) is 23.1. The second kappa shape index (κ2) is 17.5. The zero-order valence-electron chi connectivity index (χ0n) is 17.4. The highest BCUT2D eigenvalue weighted by atomic mass is 16.3. The monoisotopic (exact) mass is 362 g/mol. The van der Waals surface area contributed by atoms with Crippen LogP contribution in [0.25, 0.3) is 0 Å². The molecule has 0 fully saturated rings. The molecular weight excluding hydrogens is 318 g/mol. The molecule has 1 N–H and O–H groups in total. The molecule has 0 bridgehead atoms. The van der Waals surface area contributed by atoms with Crippen LogP contribution in [0.5, 0.6) is 0 Å². The van der Waals surface area contributed by atoms with E-state index in [0.29, 0.717) is 0 Å². The lowest BCUT2D eigenvalue weighted by Crippen LogP contribution is -2.38. The van der Waals surface area contributed by atoms with E-state index in [-0.39, 0.29) is 6.23 Å². The first-order chi connectivity index (χ1) is 12.8. The van der Waals surface area contributed by atoms with Crippen LogP contribution in [0.2, 0.25) is 0 Å². The standard InChI is InChI=1S/C24H44NO/c1-2-3-4-5-6-7-8-9-10-11-12-13-14-15-16-18-21-24(26)25-22-19-17-20-23-25/h17,19-20,22-24,26H,2-16,18,21H2,1H3/q+1. The molecule has 0 aliphatic heterocycles. The van der Waals surface area contributed by atoms with Crippen LogP contribution in [-0.2, 0) is 0 Å². The Balaban J connectivity index is 1.76. The predicted octanol–water partition coefficient (Wildman–Crippen LogP) is 7.12. The van der Waals surface area contributed by atoms with Crippen molar-refractivity contribution in [3.05, 3.63) is 30.6 Å². The van der Waals surface area contributed by atoms with Crippen LogP contribution in [0.1, 0.15) is 122 Å². The Labute approximate surface area is 163 Å². The quantitative estimate of drug-likeness (QED) is 0.218. The molecule has 2 heteroatoms. The summed E-state index contributed by atoms with van der Waals surface area (Å²) in [5, 5.41) is 10.1. The molecule has 2 nitrogen and oxygen atoms in total. The largest absolute Gasteiger partial charge is 0.337 e. The first-order valence-electron chi connectivity index (χ1n) is 11.5. The summed E-state index contributed by atoms with van der Waals surface area (Å²) >= 11 is 0. The minimum absolute atomic E-state index is 0.358. The molecule has 1 atom stereocenters. The van der Waals surface area contributed by atoms with Crippen molar-refractivity contribution >= 4 is 0 Å². The van der Waals surface area contributed by atoms with Gasteiger partial charge in [-0.3, -0.25) is 0 Å². The van der Waals surface area contributed by atoms with E-state index in [4.69, 9.17) is 0 Å². The van der Waals surface area contributed by atoms with Gasteiger partial charge in [-0.25, -0.2) is 0 Å². The zero-order chi connectivity index (χ0) is 18.7. The van der Waals surface area contributed by atoms with Gasteiger partial charge in [-0.15, -0.1) is 0 Å². The van der Waals surface area contributed by atoms with E-state index in [9.17, 15) is 5.11 Å². The molecule has 1 rings (SSSR count). The minimum Gasteiger partial charge on any atom is -0.337 e. The van der Waals surface area contributed by atoms with Crippen molar-refractivity contribution in [2.24, 2.45) is 0 Å². The number of pyridine rings is 1. The van der Waals surface area contributed by atoms with Crippen molar-refractivity contribution in [2.45, 2.75) is 122 Å². The molecule has 1 heterocycles. The van der Waals surface area contributed by atoms with E-state index in [1.165, 1.54) is 96.3 Å². The van der Waals surface area contributed by atoms with Crippen LogP contribution in [0.3, 0.4) is 0 Å². The van der Waals surface area contributed by atoms with Gasteiger partial charge in [0.2, 0.25) is 0 Å². The van der Waals surface area contributed by atoms with Gasteiger partial charge in [0.1, 0.15) is 0 Å². The van der Waals surface area contributed by atoms with Gasteiger partial charge in [0.15, 0.2) is 12.4 Å². The maximum atomic E-state index is 10.1. The summed E-state index contributed by atoms with van der Waals surface area (Å²) in [4.78, 5) is 0. The number of aliphatic hydroxyl groups excluding tert-OH is 1. The fraction of sp³-hybridized carbons (Fsp3) is 0.792. The van der Waals surface area contributed by atoms with E-state index in [1.807, 2.05) is 35.2 Å². The molecule has 1 aromatic heterocycles. The first-order valence-corrected chi connectivity index (χ1v) is 11.5. The predicted molar refractivity (Wildman–Crippen MR) is 112 cm³/mol. The Morgan fingerprint density at radius 1 is 0.577 bits per heavy atom. The second-order valence-electron chi connectivity index (χ2n) is 7.90. The summed E-state index contributed by atoms with van der Waals surface area (Å²) in [6, 6.07) is 5.92. The Kier molecular flexibility index (Phi) is 15.6. The van der Waals surface area contributed by atoms with Crippen molar-refractivity contribution < 1.29 is 9.67 Å². The van der Waals surface area contributed by atoms with Crippen molar-refractivity contribution in [3.63, 3.8) is 0 Å². The maximum absolute atomic E-state index is 10.1. The SMILES string of the molecule is CCCCCCCCCCCCCCCCCCC(O)[n+]1ccccc1. The van der Waals surface area contributed by atoms with Crippen LogP contribution < -0.4 is 4.57 Å². The number of rotatable bonds is 18. The van der Waals surface area contributed by atoms with Gasteiger partial charge in [-0.05, 0) is 6.42 Å². The molecule has 0 aromatic carbocycles. The Hall–Kier alpha value is -0.890. The van der Waals surface area contributed by atoms with Crippen LogP contribution in [0.4, 0.5) is 0 Å². The Morgan fingerprint density at radius 3 is 1.38 bits per heavy atom. The maximum Gasteiger partial charge on any atom is 0.259 e. The topological polar surface area (TPSA) is 24.1 Å². The molecular formula is C24H44NO+. The number of aromatic nitrogens is 1. The van der Waals surface area contributed by atoms with Gasteiger partial charge in [0.25, 0.3) is 6.23 Å². The summed E-state index contributed by atoms with van der Waals surface area (Å²) in [6.07, 6.45) is 26.6. The summed E-state index contributed by atoms with van der Waals surface area (Å²) in [5.41, 5.74) is 0. The molecule has 26 heavy (non-hydrogen) atoms. The minimum atomic E-state index is -0.358. The van der Waals surface area contributed by atoms with E-state index in [2.05, 4.69) is 6.92 Å². The van der Waals surface area contributed by atoms with E-state index < -0.39 is 0 Å². The molecule has 0 aliphatic rings. The third-order valence-electron chi connectivity index (χ3n) is 5.40. The number of hydrogen-bond acceptors (Lipinski definition) is 1. The zero-order valence-corrected chi connectivity index (χ0v) is 17.4.